The maximum atomic E-state index is 2.39. The molecule has 7 rings (SSSR count). The minimum atomic E-state index is 0.137. The predicted octanol–water partition coefficient (Wildman–Crippen LogP) is 10.9. The second-order valence-corrected chi connectivity index (χ2v) is 11.4. The third kappa shape index (κ3) is 3.60. The van der Waals surface area contributed by atoms with Crippen LogP contribution < -0.4 is 0 Å². The minimum absolute atomic E-state index is 0.137. The summed E-state index contributed by atoms with van der Waals surface area (Å²) in [4.78, 5) is 0. The van der Waals surface area contributed by atoms with Crippen molar-refractivity contribution in [2.24, 2.45) is 0 Å². The molecule has 0 N–H and O–H groups in total. The molecular formula is C38H30. The van der Waals surface area contributed by atoms with Gasteiger partial charge in [0.15, 0.2) is 0 Å². The van der Waals surface area contributed by atoms with Crippen LogP contribution in [0.3, 0.4) is 0 Å². The highest BCUT2D eigenvalue weighted by molar-refractivity contribution is 6.22. The highest BCUT2D eigenvalue weighted by Gasteiger charge is 2.17. The van der Waals surface area contributed by atoms with Gasteiger partial charge < -0.3 is 0 Å². The van der Waals surface area contributed by atoms with E-state index in [4.69, 9.17) is 0 Å². The molecule has 0 aromatic heterocycles. The van der Waals surface area contributed by atoms with E-state index < -0.39 is 0 Å². The molecule has 0 saturated heterocycles. The van der Waals surface area contributed by atoms with Gasteiger partial charge in [-0.2, -0.15) is 0 Å². The summed E-state index contributed by atoms with van der Waals surface area (Å²) >= 11 is 0. The van der Waals surface area contributed by atoms with Crippen molar-refractivity contribution in [1.82, 2.24) is 0 Å². The van der Waals surface area contributed by atoms with Gasteiger partial charge in [-0.05, 0) is 88.5 Å². The first kappa shape index (κ1) is 22.8. The van der Waals surface area contributed by atoms with Crippen LogP contribution in [0.4, 0.5) is 0 Å². The lowest BCUT2D eigenvalue weighted by molar-refractivity contribution is 0.590. The van der Waals surface area contributed by atoms with Gasteiger partial charge in [0.05, 0.1) is 0 Å². The molecule has 7 aromatic rings. The van der Waals surface area contributed by atoms with E-state index in [1.54, 1.807) is 0 Å². The fourth-order valence-electron chi connectivity index (χ4n) is 6.04. The predicted molar refractivity (Wildman–Crippen MR) is 166 cm³/mol. The molecule has 0 fully saturated rings. The number of hydrogen-bond acceptors (Lipinski definition) is 0. The molecule has 38 heavy (non-hydrogen) atoms. The van der Waals surface area contributed by atoms with Crippen LogP contribution in [0.15, 0.2) is 127 Å². The van der Waals surface area contributed by atoms with Crippen LogP contribution in [0.2, 0.25) is 0 Å². The molecule has 0 radical (unpaired) electrons. The van der Waals surface area contributed by atoms with Gasteiger partial charge in [-0.1, -0.05) is 136 Å². The molecule has 0 atom stereocenters. The monoisotopic (exact) mass is 486 g/mol. The zero-order valence-corrected chi connectivity index (χ0v) is 22.1. The van der Waals surface area contributed by atoms with Gasteiger partial charge in [0.25, 0.3) is 0 Å². The lowest BCUT2D eigenvalue weighted by Gasteiger charge is -2.20. The van der Waals surface area contributed by atoms with E-state index in [0.29, 0.717) is 0 Å². The zero-order valence-electron chi connectivity index (χ0n) is 22.1. The summed E-state index contributed by atoms with van der Waals surface area (Å²) in [6.45, 7) is 6.81. The highest BCUT2D eigenvalue weighted by atomic mass is 14.2. The van der Waals surface area contributed by atoms with Crippen LogP contribution in [-0.2, 0) is 5.41 Å². The molecule has 0 bridgehead atoms. The Labute approximate surface area is 224 Å². The number of benzene rings is 7. The molecule has 0 nitrogen and oxygen atoms in total. The third-order valence-corrected chi connectivity index (χ3v) is 8.00. The molecule has 0 aliphatic heterocycles. The molecule has 0 heteroatoms. The molecule has 0 saturated carbocycles. The van der Waals surface area contributed by atoms with Crippen LogP contribution >= 0.6 is 0 Å². The van der Waals surface area contributed by atoms with Gasteiger partial charge in [0.1, 0.15) is 0 Å². The molecule has 0 aliphatic rings. The Morgan fingerprint density at radius 3 is 1.68 bits per heavy atom. The topological polar surface area (TPSA) is 0 Å². The second-order valence-electron chi connectivity index (χ2n) is 11.4. The Hall–Kier alpha value is -4.42. The fraction of sp³-hybridized carbons (Fsp3) is 0.105. The molecule has 0 spiro atoms. The van der Waals surface area contributed by atoms with Gasteiger partial charge in [0.2, 0.25) is 0 Å². The first-order valence-corrected chi connectivity index (χ1v) is 13.5. The Kier molecular flexibility index (Phi) is 5.13. The van der Waals surface area contributed by atoms with Crippen LogP contribution in [0.25, 0.3) is 65.3 Å². The van der Waals surface area contributed by atoms with Crippen LogP contribution in [-0.4, -0.2) is 0 Å². The minimum Gasteiger partial charge on any atom is -0.0616 e. The Morgan fingerprint density at radius 2 is 0.974 bits per heavy atom. The Morgan fingerprint density at radius 1 is 0.395 bits per heavy atom. The van der Waals surface area contributed by atoms with Crippen molar-refractivity contribution in [3.05, 3.63) is 133 Å². The van der Waals surface area contributed by atoms with Gasteiger partial charge in [-0.15, -0.1) is 0 Å². The standard InChI is InChI=1S/C38H30/c1-38(2,3)28-21-19-25(20-22-28)29-17-10-18-34-35(29)23-27-12-5-7-14-31(27)37(34)36-24-26-11-4-6-13-30(26)32-15-8-9-16-33(32)36/h4-24H,1-3H3. The summed E-state index contributed by atoms with van der Waals surface area (Å²) in [6.07, 6.45) is 0. The summed E-state index contributed by atoms with van der Waals surface area (Å²) in [6, 6.07) is 47.2. The second kappa shape index (κ2) is 8.57. The molecule has 0 aliphatic carbocycles. The molecule has 7 aromatic carbocycles. The van der Waals surface area contributed by atoms with Crippen LogP contribution in [0, 0.1) is 0 Å². The SMILES string of the molecule is CC(C)(C)c1ccc(-c2cccc3c(-c4cc5ccccc5c5ccccc45)c4ccccc4cc23)cc1. The van der Waals surface area contributed by atoms with E-state index in [0.717, 1.165) is 0 Å². The maximum Gasteiger partial charge on any atom is -0.00201 e. The first-order valence-electron chi connectivity index (χ1n) is 13.5. The molecule has 182 valence electrons. The van der Waals surface area contributed by atoms with E-state index >= 15 is 0 Å². The first-order chi connectivity index (χ1) is 18.5. The smallest absolute Gasteiger partial charge is 0.00201 e. The average Bonchev–Trinajstić information content (AvgIpc) is 2.95. The van der Waals surface area contributed by atoms with Gasteiger partial charge in [-0.25, -0.2) is 0 Å². The molecule has 0 unspecified atom stereocenters. The molecule has 0 heterocycles. The quantitative estimate of drug-likeness (QED) is 0.168. The van der Waals surface area contributed by atoms with E-state index in [1.807, 2.05) is 0 Å². The summed E-state index contributed by atoms with van der Waals surface area (Å²) < 4.78 is 0. The summed E-state index contributed by atoms with van der Waals surface area (Å²) in [5.41, 5.74) is 6.63. The zero-order chi connectivity index (χ0) is 25.9. The van der Waals surface area contributed by atoms with E-state index in [-0.39, 0.29) is 5.41 Å². The van der Waals surface area contributed by atoms with E-state index in [2.05, 4.69) is 148 Å². The summed E-state index contributed by atoms with van der Waals surface area (Å²) in [7, 11) is 0. The normalized spacial score (nSPS) is 12.1. The largest absolute Gasteiger partial charge is 0.0616 e. The summed E-state index contributed by atoms with van der Waals surface area (Å²) in [5, 5.41) is 10.3. The van der Waals surface area contributed by atoms with E-state index in [1.165, 1.54) is 70.9 Å². The highest BCUT2D eigenvalue weighted by Crippen LogP contribution is 2.44. The van der Waals surface area contributed by atoms with Gasteiger partial charge >= 0.3 is 0 Å². The number of hydrogen-bond donors (Lipinski definition) is 0. The maximum absolute atomic E-state index is 2.39. The van der Waals surface area contributed by atoms with Gasteiger partial charge in [-0.3, -0.25) is 0 Å². The summed E-state index contributed by atoms with van der Waals surface area (Å²) in [5.74, 6) is 0. The van der Waals surface area contributed by atoms with Gasteiger partial charge in [0, 0.05) is 0 Å². The third-order valence-electron chi connectivity index (χ3n) is 8.00. The Balaban J connectivity index is 1.59. The number of fused-ring (bicyclic) bond motifs is 5. The van der Waals surface area contributed by atoms with Crippen LogP contribution in [0.5, 0.6) is 0 Å². The van der Waals surface area contributed by atoms with Crippen molar-refractivity contribution < 1.29 is 0 Å². The van der Waals surface area contributed by atoms with Crippen molar-refractivity contribution in [2.45, 2.75) is 26.2 Å². The van der Waals surface area contributed by atoms with Crippen molar-refractivity contribution in [2.75, 3.05) is 0 Å². The van der Waals surface area contributed by atoms with Crippen LogP contribution in [0.1, 0.15) is 26.3 Å². The fourth-order valence-corrected chi connectivity index (χ4v) is 6.04. The lowest BCUT2D eigenvalue weighted by atomic mass is 9.84. The van der Waals surface area contributed by atoms with Crippen molar-refractivity contribution in [3.63, 3.8) is 0 Å². The van der Waals surface area contributed by atoms with E-state index in [9.17, 15) is 0 Å². The lowest BCUT2D eigenvalue weighted by Crippen LogP contribution is -2.10. The number of rotatable bonds is 2. The Bertz CT molecular complexity index is 1980. The molecule has 0 amide bonds. The van der Waals surface area contributed by atoms with Crippen molar-refractivity contribution in [3.8, 4) is 22.3 Å². The molecular weight excluding hydrogens is 456 g/mol. The van der Waals surface area contributed by atoms with Crippen molar-refractivity contribution in [1.29, 1.82) is 0 Å². The average molecular weight is 487 g/mol. The van der Waals surface area contributed by atoms with Crippen molar-refractivity contribution >= 4 is 43.1 Å².